The van der Waals surface area contributed by atoms with Crippen LogP contribution in [0.2, 0.25) is 5.02 Å². The first kappa shape index (κ1) is 14.5. The highest BCUT2D eigenvalue weighted by Gasteiger charge is 2.17. The van der Waals surface area contributed by atoms with Crippen molar-refractivity contribution in [3.05, 3.63) is 34.9 Å². The van der Waals surface area contributed by atoms with Crippen LogP contribution >= 0.6 is 11.6 Å². The second kappa shape index (κ2) is 7.03. The highest BCUT2D eigenvalue weighted by Crippen LogP contribution is 2.27. The smallest absolute Gasteiger partial charge is 0.0406 e. The lowest BCUT2D eigenvalue weighted by Crippen LogP contribution is -2.30. The van der Waals surface area contributed by atoms with Crippen LogP contribution in [-0.4, -0.2) is 12.6 Å². The predicted molar refractivity (Wildman–Crippen MR) is 76.8 cm³/mol. The van der Waals surface area contributed by atoms with Crippen LogP contribution in [-0.2, 0) is 0 Å². The third-order valence-corrected chi connectivity index (χ3v) is 3.63. The van der Waals surface area contributed by atoms with Crippen molar-refractivity contribution in [2.75, 3.05) is 6.54 Å². The Hall–Kier alpha value is -0.530. The second-order valence-corrected chi connectivity index (χ2v) is 5.54. The third kappa shape index (κ3) is 4.69. The number of rotatable bonds is 6. The molecule has 1 nitrogen and oxygen atoms in total. The fourth-order valence-electron chi connectivity index (χ4n) is 2.00. The fraction of sp³-hybridized carbons (Fsp3) is 0.600. The van der Waals surface area contributed by atoms with E-state index >= 15 is 0 Å². The first-order chi connectivity index (χ1) is 8.04. The van der Waals surface area contributed by atoms with Crippen molar-refractivity contribution < 1.29 is 0 Å². The molecule has 1 N–H and O–H groups in total. The van der Waals surface area contributed by atoms with Gasteiger partial charge in [0.2, 0.25) is 0 Å². The van der Waals surface area contributed by atoms with Gasteiger partial charge in [0.05, 0.1) is 0 Å². The molecule has 0 aliphatic carbocycles. The maximum Gasteiger partial charge on any atom is 0.0406 e. The van der Waals surface area contributed by atoms with Crippen LogP contribution in [0.15, 0.2) is 24.3 Å². The molecule has 96 valence electrons. The highest BCUT2D eigenvalue weighted by molar-refractivity contribution is 6.30. The second-order valence-electron chi connectivity index (χ2n) is 5.11. The summed E-state index contributed by atoms with van der Waals surface area (Å²) in [5.74, 6) is 1.25. The zero-order valence-corrected chi connectivity index (χ0v) is 12.1. The maximum absolute atomic E-state index is 5.94. The molecule has 0 spiro atoms. The summed E-state index contributed by atoms with van der Waals surface area (Å²) in [4.78, 5) is 0. The number of hydrogen-bond acceptors (Lipinski definition) is 1. The van der Waals surface area contributed by atoms with E-state index in [0.29, 0.717) is 17.9 Å². The Labute approximate surface area is 111 Å². The minimum atomic E-state index is 0.536. The van der Waals surface area contributed by atoms with Crippen LogP contribution in [0.1, 0.15) is 45.6 Å². The van der Waals surface area contributed by atoms with E-state index in [4.69, 9.17) is 11.6 Å². The largest absolute Gasteiger partial charge is 0.314 e. The van der Waals surface area contributed by atoms with Crippen LogP contribution in [0.4, 0.5) is 0 Å². The van der Waals surface area contributed by atoms with E-state index in [1.165, 1.54) is 12.0 Å². The molecular weight excluding hydrogens is 230 g/mol. The van der Waals surface area contributed by atoms with Gasteiger partial charge in [-0.2, -0.15) is 0 Å². The molecular formula is C15H24ClN. The monoisotopic (exact) mass is 253 g/mol. The Kier molecular flexibility index (Phi) is 6.01. The molecule has 2 atom stereocenters. The maximum atomic E-state index is 5.94. The Bertz CT molecular complexity index is 318. The SMILES string of the molecule is CCC(C)C(CNC(C)C)c1ccc(Cl)cc1. The van der Waals surface area contributed by atoms with Gasteiger partial charge in [0.15, 0.2) is 0 Å². The first-order valence-electron chi connectivity index (χ1n) is 6.53. The minimum absolute atomic E-state index is 0.536. The Morgan fingerprint density at radius 1 is 1.12 bits per heavy atom. The molecule has 0 heterocycles. The molecule has 0 bridgehead atoms. The van der Waals surface area contributed by atoms with E-state index in [2.05, 4.69) is 45.1 Å². The van der Waals surface area contributed by atoms with Crippen LogP contribution in [0.3, 0.4) is 0 Å². The molecule has 0 saturated carbocycles. The van der Waals surface area contributed by atoms with Gasteiger partial charge in [-0.1, -0.05) is 57.8 Å². The summed E-state index contributed by atoms with van der Waals surface area (Å²) in [6, 6.07) is 8.82. The first-order valence-corrected chi connectivity index (χ1v) is 6.91. The van der Waals surface area contributed by atoms with Crippen molar-refractivity contribution in [2.45, 2.75) is 46.1 Å². The highest BCUT2D eigenvalue weighted by atomic mass is 35.5. The van der Waals surface area contributed by atoms with Gasteiger partial charge in [0, 0.05) is 17.6 Å². The van der Waals surface area contributed by atoms with Crippen LogP contribution in [0.25, 0.3) is 0 Å². The zero-order valence-electron chi connectivity index (χ0n) is 11.3. The van der Waals surface area contributed by atoms with E-state index in [0.717, 1.165) is 11.6 Å². The Morgan fingerprint density at radius 2 is 1.71 bits per heavy atom. The van der Waals surface area contributed by atoms with Crippen molar-refractivity contribution >= 4 is 11.6 Å². The van der Waals surface area contributed by atoms with Crippen molar-refractivity contribution in [3.8, 4) is 0 Å². The predicted octanol–water partition coefficient (Wildman–Crippen LogP) is 4.47. The molecule has 0 aliphatic heterocycles. The topological polar surface area (TPSA) is 12.0 Å². The molecule has 2 heteroatoms. The van der Waals surface area contributed by atoms with Crippen molar-refractivity contribution in [1.82, 2.24) is 5.32 Å². The van der Waals surface area contributed by atoms with Crippen LogP contribution < -0.4 is 5.32 Å². The van der Waals surface area contributed by atoms with Gasteiger partial charge >= 0.3 is 0 Å². The molecule has 0 amide bonds. The molecule has 0 aliphatic rings. The molecule has 0 radical (unpaired) electrons. The normalized spacial score (nSPS) is 14.9. The van der Waals surface area contributed by atoms with E-state index in [1.54, 1.807) is 0 Å². The summed E-state index contributed by atoms with van der Waals surface area (Å²) in [7, 11) is 0. The van der Waals surface area contributed by atoms with E-state index in [1.807, 2.05) is 12.1 Å². The minimum Gasteiger partial charge on any atom is -0.314 e. The molecule has 0 aromatic heterocycles. The van der Waals surface area contributed by atoms with Crippen molar-refractivity contribution in [1.29, 1.82) is 0 Å². The van der Waals surface area contributed by atoms with Gasteiger partial charge in [-0.15, -0.1) is 0 Å². The van der Waals surface area contributed by atoms with Crippen molar-refractivity contribution in [3.63, 3.8) is 0 Å². The molecule has 0 saturated heterocycles. The fourth-order valence-corrected chi connectivity index (χ4v) is 2.13. The standard InChI is InChI=1S/C15H24ClN/c1-5-12(4)15(10-17-11(2)3)13-6-8-14(16)9-7-13/h6-9,11-12,15,17H,5,10H2,1-4H3. The third-order valence-electron chi connectivity index (χ3n) is 3.38. The number of nitrogens with one attached hydrogen (secondary N) is 1. The summed E-state index contributed by atoms with van der Waals surface area (Å²) in [5.41, 5.74) is 1.39. The van der Waals surface area contributed by atoms with Gasteiger partial charge in [-0.3, -0.25) is 0 Å². The average molecular weight is 254 g/mol. The Morgan fingerprint density at radius 3 is 2.18 bits per heavy atom. The Balaban J connectivity index is 2.78. The van der Waals surface area contributed by atoms with Gasteiger partial charge in [0.1, 0.15) is 0 Å². The molecule has 1 rings (SSSR count). The quantitative estimate of drug-likeness (QED) is 0.789. The molecule has 1 aromatic rings. The summed E-state index contributed by atoms with van der Waals surface area (Å²) in [6.45, 7) is 9.99. The van der Waals surface area contributed by atoms with Gasteiger partial charge in [-0.25, -0.2) is 0 Å². The lowest BCUT2D eigenvalue weighted by molar-refractivity contribution is 0.407. The van der Waals surface area contributed by atoms with Crippen molar-refractivity contribution in [2.24, 2.45) is 5.92 Å². The molecule has 17 heavy (non-hydrogen) atoms. The summed E-state index contributed by atoms with van der Waals surface area (Å²) in [6.07, 6.45) is 1.20. The molecule has 2 unspecified atom stereocenters. The van der Waals surface area contributed by atoms with Crippen LogP contribution in [0, 0.1) is 5.92 Å². The number of hydrogen-bond donors (Lipinski definition) is 1. The van der Waals surface area contributed by atoms with Crippen LogP contribution in [0.5, 0.6) is 0 Å². The van der Waals surface area contributed by atoms with Gasteiger partial charge < -0.3 is 5.32 Å². The van der Waals surface area contributed by atoms with Gasteiger partial charge in [0.25, 0.3) is 0 Å². The van der Waals surface area contributed by atoms with E-state index < -0.39 is 0 Å². The summed E-state index contributed by atoms with van der Waals surface area (Å²) < 4.78 is 0. The zero-order chi connectivity index (χ0) is 12.8. The van der Waals surface area contributed by atoms with E-state index in [9.17, 15) is 0 Å². The molecule has 0 fully saturated rings. The lowest BCUT2D eigenvalue weighted by Gasteiger charge is -2.25. The number of benzene rings is 1. The van der Waals surface area contributed by atoms with E-state index in [-0.39, 0.29) is 0 Å². The van der Waals surface area contributed by atoms with Gasteiger partial charge in [-0.05, 0) is 29.5 Å². The summed E-state index contributed by atoms with van der Waals surface area (Å²) in [5, 5.41) is 4.35. The summed E-state index contributed by atoms with van der Waals surface area (Å²) >= 11 is 5.94. The average Bonchev–Trinajstić information content (AvgIpc) is 2.30. The number of halogens is 1. The lowest BCUT2D eigenvalue weighted by atomic mass is 9.85. The molecule has 1 aromatic carbocycles.